The molecule has 102 valence electrons. The van der Waals surface area contributed by atoms with Crippen LogP contribution in [0.5, 0.6) is 0 Å². The molecule has 0 bridgehead atoms. The zero-order chi connectivity index (χ0) is 14.2. The maximum absolute atomic E-state index is 14.5. The summed E-state index contributed by atoms with van der Waals surface area (Å²) in [5.74, 6) is 1.74. The van der Waals surface area contributed by atoms with Gasteiger partial charge in [0.15, 0.2) is 6.23 Å². The highest BCUT2D eigenvalue weighted by atomic mass is 19.1. The van der Waals surface area contributed by atoms with Gasteiger partial charge in [-0.25, -0.2) is 9.18 Å². The fourth-order valence-electron chi connectivity index (χ4n) is 1.94. The molecule has 1 fully saturated rings. The Morgan fingerprint density at radius 1 is 1.63 bits per heavy atom. The van der Waals surface area contributed by atoms with E-state index in [4.69, 9.17) is 16.3 Å². The van der Waals surface area contributed by atoms with Gasteiger partial charge in [0, 0.05) is 12.3 Å². The van der Waals surface area contributed by atoms with Crippen molar-refractivity contribution in [3.63, 3.8) is 0 Å². The van der Waals surface area contributed by atoms with E-state index >= 15 is 0 Å². The number of ether oxygens (including phenoxy) is 1. The monoisotopic (exact) mass is 270 g/mol. The molecule has 0 aromatic carbocycles. The number of rotatable bonds is 2. The lowest BCUT2D eigenvalue weighted by molar-refractivity contribution is -0.0543. The average molecular weight is 270 g/mol. The normalized spacial score (nSPS) is 34.1. The number of terminal acetylenes is 1. The van der Waals surface area contributed by atoms with E-state index in [0.717, 1.165) is 16.8 Å². The van der Waals surface area contributed by atoms with Crippen LogP contribution in [-0.4, -0.2) is 44.2 Å². The highest BCUT2D eigenvalue weighted by molar-refractivity contribution is 5.19. The molecule has 1 aliphatic heterocycles. The summed E-state index contributed by atoms with van der Waals surface area (Å²) >= 11 is 0. The van der Waals surface area contributed by atoms with Gasteiger partial charge in [0.1, 0.15) is 12.2 Å². The van der Waals surface area contributed by atoms with Crippen LogP contribution >= 0.6 is 0 Å². The number of aliphatic hydroxyl groups excluding tert-OH is 2. The summed E-state index contributed by atoms with van der Waals surface area (Å²) in [6.45, 7) is -0.664. The number of aromatic nitrogens is 2. The minimum Gasteiger partial charge on any atom is -0.394 e. The smallest absolute Gasteiger partial charge is 0.330 e. The van der Waals surface area contributed by atoms with E-state index in [2.05, 4.69) is 0 Å². The van der Waals surface area contributed by atoms with Crippen LogP contribution in [0.4, 0.5) is 4.39 Å². The van der Waals surface area contributed by atoms with E-state index in [-0.39, 0.29) is 0 Å². The van der Waals surface area contributed by atoms with Gasteiger partial charge in [0.2, 0.25) is 5.67 Å². The first-order valence-electron chi connectivity index (χ1n) is 5.36. The molecule has 7 nitrogen and oxygen atoms in total. The first-order valence-corrected chi connectivity index (χ1v) is 5.36. The maximum Gasteiger partial charge on any atom is 0.330 e. The van der Waals surface area contributed by atoms with Crippen molar-refractivity contribution in [3.8, 4) is 12.3 Å². The third kappa shape index (κ3) is 1.98. The molecule has 1 aromatic heterocycles. The summed E-state index contributed by atoms with van der Waals surface area (Å²) in [5.41, 5.74) is -4.28. The largest absolute Gasteiger partial charge is 0.394 e. The predicted octanol–water partition coefficient (Wildman–Crippen LogP) is -1.87. The summed E-state index contributed by atoms with van der Waals surface area (Å²) < 4.78 is 20.3. The second-order valence-corrected chi connectivity index (χ2v) is 4.08. The molecule has 1 aromatic rings. The Kier molecular flexibility index (Phi) is 3.28. The standard InChI is InChI=1S/C11H11FN2O5/c1-2-11(12)8(17)6(5-15)19-9(11)14-4-3-7(16)13-10(14)18/h1,3-4,6,8-9,15,17H,5H2,(H,13,16,18)/t6-,8+,9-,11?/m1/s1. The van der Waals surface area contributed by atoms with Crippen LogP contribution in [0, 0.1) is 12.3 Å². The number of aromatic amines is 1. The molecule has 2 rings (SSSR count). The zero-order valence-corrected chi connectivity index (χ0v) is 9.62. The Morgan fingerprint density at radius 2 is 2.32 bits per heavy atom. The fraction of sp³-hybridized carbons (Fsp3) is 0.455. The van der Waals surface area contributed by atoms with E-state index in [1.807, 2.05) is 4.98 Å². The second kappa shape index (κ2) is 4.62. The fourth-order valence-corrected chi connectivity index (χ4v) is 1.94. The van der Waals surface area contributed by atoms with Gasteiger partial charge in [0.05, 0.1) is 6.61 Å². The number of halogens is 1. The first-order chi connectivity index (χ1) is 8.93. The van der Waals surface area contributed by atoms with Gasteiger partial charge in [-0.05, 0) is 0 Å². The van der Waals surface area contributed by atoms with Gasteiger partial charge >= 0.3 is 5.69 Å². The van der Waals surface area contributed by atoms with Crippen LogP contribution in [0.2, 0.25) is 0 Å². The van der Waals surface area contributed by atoms with Crippen molar-refractivity contribution in [2.24, 2.45) is 0 Å². The van der Waals surface area contributed by atoms with E-state index in [1.54, 1.807) is 5.92 Å². The highest BCUT2D eigenvalue weighted by Gasteiger charge is 2.57. The molecule has 8 heteroatoms. The van der Waals surface area contributed by atoms with Gasteiger partial charge in [-0.15, -0.1) is 6.42 Å². The van der Waals surface area contributed by atoms with E-state index in [9.17, 15) is 19.1 Å². The molecule has 1 unspecified atom stereocenters. The number of hydrogen-bond acceptors (Lipinski definition) is 5. The second-order valence-electron chi connectivity index (χ2n) is 4.08. The first kappa shape index (κ1) is 13.5. The van der Waals surface area contributed by atoms with Gasteiger partial charge in [0.25, 0.3) is 5.56 Å². The number of alkyl halides is 1. The molecule has 1 saturated heterocycles. The minimum absolute atomic E-state index is 0.663. The number of nitrogens with one attached hydrogen (secondary N) is 1. The van der Waals surface area contributed by atoms with E-state index in [1.165, 1.54) is 0 Å². The predicted molar refractivity (Wildman–Crippen MR) is 61.0 cm³/mol. The van der Waals surface area contributed by atoms with Gasteiger partial charge in [-0.2, -0.15) is 0 Å². The van der Waals surface area contributed by atoms with Crippen LogP contribution in [0.25, 0.3) is 0 Å². The molecule has 0 radical (unpaired) electrons. The number of hydrogen-bond donors (Lipinski definition) is 3. The lowest BCUT2D eigenvalue weighted by atomic mass is 9.97. The third-order valence-electron chi connectivity index (χ3n) is 2.95. The summed E-state index contributed by atoms with van der Waals surface area (Å²) in [6, 6.07) is 0.986. The highest BCUT2D eigenvalue weighted by Crippen LogP contribution is 2.40. The summed E-state index contributed by atoms with van der Waals surface area (Å²) in [6.07, 6.45) is 1.38. The number of H-pyrrole nitrogens is 1. The van der Waals surface area contributed by atoms with Crippen molar-refractivity contribution < 1.29 is 19.3 Å². The van der Waals surface area contributed by atoms with Crippen molar-refractivity contribution in [3.05, 3.63) is 33.1 Å². The van der Waals surface area contributed by atoms with Crippen molar-refractivity contribution >= 4 is 0 Å². The Hall–Kier alpha value is -1.95. The molecule has 0 amide bonds. The van der Waals surface area contributed by atoms with Gasteiger partial charge < -0.3 is 14.9 Å². The topological polar surface area (TPSA) is 105 Å². The van der Waals surface area contributed by atoms with Crippen molar-refractivity contribution in [1.29, 1.82) is 0 Å². The molecule has 2 heterocycles. The molecular formula is C11H11FN2O5. The third-order valence-corrected chi connectivity index (χ3v) is 2.95. The van der Waals surface area contributed by atoms with Crippen LogP contribution in [-0.2, 0) is 4.74 Å². The number of aliphatic hydroxyl groups is 2. The molecule has 0 aliphatic carbocycles. The Balaban J connectivity index is 2.52. The van der Waals surface area contributed by atoms with Crippen molar-refractivity contribution in [2.45, 2.75) is 24.1 Å². The summed E-state index contributed by atoms with van der Waals surface area (Å²) in [4.78, 5) is 24.4. The van der Waals surface area contributed by atoms with Crippen molar-refractivity contribution in [2.75, 3.05) is 6.61 Å². The van der Waals surface area contributed by atoms with Crippen LogP contribution in [0.3, 0.4) is 0 Å². The SMILES string of the molecule is C#CC1(F)[C@@H](O)[C@@H](CO)O[C@H]1n1ccc(=O)[nH]c1=O. The van der Waals surface area contributed by atoms with Gasteiger partial charge in [-0.1, -0.05) is 5.92 Å². The molecule has 0 saturated carbocycles. The van der Waals surface area contributed by atoms with Crippen LogP contribution < -0.4 is 11.2 Å². The lowest BCUT2D eigenvalue weighted by Gasteiger charge is -2.23. The minimum atomic E-state index is -2.69. The maximum atomic E-state index is 14.5. The average Bonchev–Trinajstić information content (AvgIpc) is 2.63. The molecule has 3 N–H and O–H groups in total. The zero-order valence-electron chi connectivity index (χ0n) is 9.62. The van der Waals surface area contributed by atoms with Crippen LogP contribution in [0.15, 0.2) is 21.9 Å². The van der Waals surface area contributed by atoms with Crippen LogP contribution in [0.1, 0.15) is 6.23 Å². The van der Waals surface area contributed by atoms with E-state index < -0.39 is 42.0 Å². The number of nitrogens with zero attached hydrogens (tertiary/aromatic N) is 1. The Morgan fingerprint density at radius 3 is 2.84 bits per heavy atom. The molecule has 0 spiro atoms. The molecular weight excluding hydrogens is 259 g/mol. The Labute approximate surface area is 106 Å². The quantitative estimate of drug-likeness (QED) is 0.546. The van der Waals surface area contributed by atoms with Crippen molar-refractivity contribution in [1.82, 2.24) is 9.55 Å². The molecule has 1 aliphatic rings. The van der Waals surface area contributed by atoms with E-state index in [0.29, 0.717) is 0 Å². The summed E-state index contributed by atoms with van der Waals surface area (Å²) in [5, 5.41) is 18.7. The Bertz CT molecular complexity index is 633. The lowest BCUT2D eigenvalue weighted by Crippen LogP contribution is -2.44. The van der Waals surface area contributed by atoms with Gasteiger partial charge in [-0.3, -0.25) is 14.3 Å². The molecule has 4 atom stereocenters. The summed E-state index contributed by atoms with van der Waals surface area (Å²) in [7, 11) is 0. The molecule has 19 heavy (non-hydrogen) atoms.